The van der Waals surface area contributed by atoms with Gasteiger partial charge < -0.3 is 15.5 Å². The second kappa shape index (κ2) is 7.63. The standard InChI is InChI=1S/C20H18F3N3OS/c1-12-16(18(28)24-15-6-4-3-5-7-15)17(25-19(27)26(12)2)13-8-10-14(11-9-13)20(21,22)23/h3-11,17H,1-2H3,(H,24,28)(H,25,27). The van der Waals surface area contributed by atoms with Crippen LogP contribution in [0.1, 0.15) is 24.1 Å². The van der Waals surface area contributed by atoms with E-state index in [0.29, 0.717) is 21.8 Å². The van der Waals surface area contributed by atoms with Gasteiger partial charge in [0.25, 0.3) is 0 Å². The van der Waals surface area contributed by atoms with Crippen LogP contribution in [-0.2, 0) is 6.18 Å². The minimum Gasteiger partial charge on any atom is -0.346 e. The number of anilines is 1. The Balaban J connectivity index is 1.98. The fraction of sp³-hybridized carbons (Fsp3) is 0.200. The molecular formula is C20H18F3N3OS. The molecule has 0 aliphatic carbocycles. The molecule has 1 unspecified atom stereocenters. The van der Waals surface area contributed by atoms with Crippen LogP contribution >= 0.6 is 12.2 Å². The van der Waals surface area contributed by atoms with Crippen LogP contribution in [0.4, 0.5) is 23.7 Å². The van der Waals surface area contributed by atoms with Crippen molar-refractivity contribution in [3.8, 4) is 0 Å². The first-order valence-electron chi connectivity index (χ1n) is 8.47. The third kappa shape index (κ3) is 4.01. The number of nitrogens with zero attached hydrogens (tertiary/aromatic N) is 1. The Kier molecular flexibility index (Phi) is 5.42. The average molecular weight is 405 g/mol. The minimum absolute atomic E-state index is 0.353. The SMILES string of the molecule is CC1=C(C(=S)Nc2ccccc2)C(c2ccc(C(F)(F)F)cc2)NC(=O)N1C. The predicted octanol–water partition coefficient (Wildman–Crippen LogP) is 5.12. The minimum atomic E-state index is -4.42. The molecule has 146 valence electrons. The molecule has 0 fully saturated rings. The topological polar surface area (TPSA) is 44.4 Å². The number of nitrogens with one attached hydrogen (secondary N) is 2. The summed E-state index contributed by atoms with van der Waals surface area (Å²) < 4.78 is 38.6. The van der Waals surface area contributed by atoms with E-state index in [-0.39, 0.29) is 6.03 Å². The smallest absolute Gasteiger partial charge is 0.346 e. The van der Waals surface area contributed by atoms with Gasteiger partial charge in [0.2, 0.25) is 0 Å². The number of benzene rings is 2. The van der Waals surface area contributed by atoms with E-state index in [1.54, 1.807) is 14.0 Å². The average Bonchev–Trinajstić information content (AvgIpc) is 2.66. The molecule has 1 heterocycles. The van der Waals surface area contributed by atoms with E-state index in [9.17, 15) is 18.0 Å². The van der Waals surface area contributed by atoms with Gasteiger partial charge >= 0.3 is 12.2 Å². The van der Waals surface area contributed by atoms with Crippen molar-refractivity contribution in [1.29, 1.82) is 0 Å². The van der Waals surface area contributed by atoms with Crippen molar-refractivity contribution in [3.63, 3.8) is 0 Å². The van der Waals surface area contributed by atoms with Gasteiger partial charge in [0.15, 0.2) is 0 Å². The number of carbonyl (C=O) groups is 1. The fourth-order valence-electron chi connectivity index (χ4n) is 2.96. The normalized spacial score (nSPS) is 17.4. The van der Waals surface area contributed by atoms with Gasteiger partial charge in [0.05, 0.1) is 11.6 Å². The Bertz CT molecular complexity index is 924. The maximum atomic E-state index is 12.9. The van der Waals surface area contributed by atoms with Gasteiger partial charge in [0, 0.05) is 24.0 Å². The Labute approximate surface area is 166 Å². The second-order valence-corrected chi connectivity index (χ2v) is 6.79. The number of carbonyl (C=O) groups excluding carboxylic acids is 1. The van der Waals surface area contributed by atoms with E-state index < -0.39 is 17.8 Å². The second-order valence-electron chi connectivity index (χ2n) is 6.38. The van der Waals surface area contributed by atoms with Gasteiger partial charge in [-0.05, 0) is 36.8 Å². The molecule has 28 heavy (non-hydrogen) atoms. The molecule has 2 N–H and O–H groups in total. The van der Waals surface area contributed by atoms with Gasteiger partial charge in [-0.1, -0.05) is 42.5 Å². The summed E-state index contributed by atoms with van der Waals surface area (Å²) in [7, 11) is 1.61. The zero-order valence-electron chi connectivity index (χ0n) is 15.2. The van der Waals surface area contributed by atoms with Gasteiger partial charge in [-0.15, -0.1) is 0 Å². The summed E-state index contributed by atoms with van der Waals surface area (Å²) in [6.45, 7) is 1.75. The van der Waals surface area contributed by atoms with E-state index in [2.05, 4.69) is 10.6 Å². The Hall–Kier alpha value is -2.87. The maximum absolute atomic E-state index is 12.9. The number of urea groups is 1. The number of thiocarbonyl (C=S) groups is 1. The summed E-state index contributed by atoms with van der Waals surface area (Å²) in [5.74, 6) is 0. The highest BCUT2D eigenvalue weighted by Gasteiger charge is 2.34. The van der Waals surface area contributed by atoms with E-state index in [1.165, 1.54) is 17.0 Å². The van der Waals surface area contributed by atoms with Gasteiger partial charge in [-0.3, -0.25) is 0 Å². The van der Waals surface area contributed by atoms with Crippen molar-refractivity contribution >= 4 is 28.9 Å². The number of rotatable bonds is 3. The summed E-state index contributed by atoms with van der Waals surface area (Å²) in [6, 6.07) is 13.0. The molecule has 0 spiro atoms. The highest BCUT2D eigenvalue weighted by atomic mass is 32.1. The lowest BCUT2D eigenvalue weighted by atomic mass is 9.94. The maximum Gasteiger partial charge on any atom is 0.416 e. The summed E-state index contributed by atoms with van der Waals surface area (Å²) in [5, 5.41) is 5.94. The lowest BCUT2D eigenvalue weighted by Crippen LogP contribution is -2.46. The van der Waals surface area contributed by atoms with E-state index >= 15 is 0 Å². The molecule has 0 radical (unpaired) electrons. The zero-order valence-corrected chi connectivity index (χ0v) is 16.0. The first-order chi connectivity index (χ1) is 13.2. The van der Waals surface area contributed by atoms with Crippen LogP contribution in [0.15, 0.2) is 65.9 Å². The highest BCUT2D eigenvalue weighted by molar-refractivity contribution is 7.81. The molecule has 2 amide bonds. The molecule has 0 saturated carbocycles. The number of allylic oxidation sites excluding steroid dienone is 1. The lowest BCUT2D eigenvalue weighted by Gasteiger charge is -2.35. The Morgan fingerprint density at radius 3 is 2.29 bits per heavy atom. The van der Waals surface area contributed by atoms with Crippen LogP contribution < -0.4 is 10.6 Å². The summed E-state index contributed by atoms with van der Waals surface area (Å²) in [5.41, 5.74) is 1.80. The van der Waals surface area contributed by atoms with E-state index in [0.717, 1.165) is 17.8 Å². The first kappa shape index (κ1) is 19.9. The third-order valence-corrected chi connectivity index (χ3v) is 4.92. The molecule has 0 aromatic heterocycles. The summed E-state index contributed by atoms with van der Waals surface area (Å²) in [6.07, 6.45) is -4.42. The fourth-order valence-corrected chi connectivity index (χ4v) is 3.35. The van der Waals surface area contributed by atoms with Crippen molar-refractivity contribution < 1.29 is 18.0 Å². The molecule has 3 rings (SSSR count). The highest BCUT2D eigenvalue weighted by Crippen LogP contribution is 2.34. The van der Waals surface area contributed by atoms with Crippen LogP contribution in [0.3, 0.4) is 0 Å². The quantitative estimate of drug-likeness (QED) is 0.697. The van der Waals surface area contributed by atoms with Gasteiger partial charge in [0.1, 0.15) is 4.99 Å². The monoisotopic (exact) mass is 405 g/mol. The van der Waals surface area contributed by atoms with Crippen molar-refractivity contribution in [1.82, 2.24) is 10.2 Å². The summed E-state index contributed by atoms with van der Waals surface area (Å²) >= 11 is 5.56. The zero-order chi connectivity index (χ0) is 20.5. The van der Waals surface area contributed by atoms with Crippen molar-refractivity contribution in [2.24, 2.45) is 0 Å². The Morgan fingerprint density at radius 1 is 1.11 bits per heavy atom. The number of amides is 2. The van der Waals surface area contributed by atoms with E-state index in [1.807, 2.05) is 30.3 Å². The molecule has 0 saturated heterocycles. The molecule has 1 aliphatic rings. The van der Waals surface area contributed by atoms with Crippen LogP contribution in [-0.4, -0.2) is 23.0 Å². The van der Waals surface area contributed by atoms with Crippen molar-refractivity contribution in [3.05, 3.63) is 77.0 Å². The number of para-hydroxylation sites is 1. The van der Waals surface area contributed by atoms with Crippen molar-refractivity contribution in [2.75, 3.05) is 12.4 Å². The molecule has 1 atom stereocenters. The summed E-state index contributed by atoms with van der Waals surface area (Å²) in [4.78, 5) is 14.1. The molecule has 1 aliphatic heterocycles. The van der Waals surface area contributed by atoms with E-state index in [4.69, 9.17) is 12.2 Å². The number of hydrogen-bond donors (Lipinski definition) is 2. The number of hydrogen-bond acceptors (Lipinski definition) is 2. The largest absolute Gasteiger partial charge is 0.416 e. The van der Waals surface area contributed by atoms with Crippen LogP contribution in [0, 0.1) is 0 Å². The van der Waals surface area contributed by atoms with Crippen LogP contribution in [0.5, 0.6) is 0 Å². The van der Waals surface area contributed by atoms with Crippen LogP contribution in [0.2, 0.25) is 0 Å². The molecule has 2 aromatic rings. The molecule has 2 aromatic carbocycles. The Morgan fingerprint density at radius 2 is 1.71 bits per heavy atom. The number of halogens is 3. The van der Waals surface area contributed by atoms with Crippen LogP contribution in [0.25, 0.3) is 0 Å². The third-order valence-electron chi connectivity index (χ3n) is 4.60. The van der Waals surface area contributed by atoms with Crippen molar-refractivity contribution in [2.45, 2.75) is 19.1 Å². The lowest BCUT2D eigenvalue weighted by molar-refractivity contribution is -0.137. The molecular weight excluding hydrogens is 387 g/mol. The van der Waals surface area contributed by atoms with Gasteiger partial charge in [-0.25, -0.2) is 4.79 Å². The number of alkyl halides is 3. The molecule has 8 heteroatoms. The molecule has 4 nitrogen and oxygen atoms in total. The predicted molar refractivity (Wildman–Crippen MR) is 106 cm³/mol. The first-order valence-corrected chi connectivity index (χ1v) is 8.88. The van der Waals surface area contributed by atoms with Gasteiger partial charge in [-0.2, -0.15) is 13.2 Å². The molecule has 0 bridgehead atoms.